The van der Waals surface area contributed by atoms with Gasteiger partial charge in [0.1, 0.15) is 5.76 Å². The standard InChI is InChI=1S/C10H10O4/c11-10(12)4-2-7-1-3-8-9(5-7)14-6-13-8/h1-4,7H,5-6H2,(H,11,12). The van der Waals surface area contributed by atoms with E-state index in [0.717, 1.165) is 17.6 Å². The number of allylic oxidation sites excluding steroid dienone is 4. The summed E-state index contributed by atoms with van der Waals surface area (Å²) in [5, 5.41) is 8.45. The summed E-state index contributed by atoms with van der Waals surface area (Å²) in [5.74, 6) is 0.742. The Morgan fingerprint density at radius 1 is 1.57 bits per heavy atom. The van der Waals surface area contributed by atoms with Crippen molar-refractivity contribution in [3.8, 4) is 0 Å². The maximum atomic E-state index is 10.3. The molecule has 1 atom stereocenters. The summed E-state index contributed by atoms with van der Waals surface area (Å²) in [4.78, 5) is 10.3. The fourth-order valence-electron chi connectivity index (χ4n) is 1.45. The molecule has 1 aliphatic heterocycles. The molecule has 0 aromatic rings. The van der Waals surface area contributed by atoms with E-state index in [1.165, 1.54) is 0 Å². The molecule has 14 heavy (non-hydrogen) atoms. The van der Waals surface area contributed by atoms with Crippen LogP contribution in [0.4, 0.5) is 0 Å². The number of hydrogen-bond acceptors (Lipinski definition) is 3. The molecule has 0 aromatic carbocycles. The molecular formula is C10H10O4. The summed E-state index contributed by atoms with van der Waals surface area (Å²) in [6.45, 7) is 0.268. The predicted molar refractivity (Wildman–Crippen MR) is 48.1 cm³/mol. The molecule has 1 heterocycles. The average molecular weight is 194 g/mol. The van der Waals surface area contributed by atoms with Crippen LogP contribution in [0, 0.1) is 5.92 Å². The van der Waals surface area contributed by atoms with E-state index in [4.69, 9.17) is 14.6 Å². The molecule has 0 fully saturated rings. The first-order chi connectivity index (χ1) is 6.75. The molecule has 1 aliphatic carbocycles. The molecular weight excluding hydrogens is 184 g/mol. The second kappa shape index (κ2) is 3.57. The molecule has 4 heteroatoms. The van der Waals surface area contributed by atoms with Crippen LogP contribution < -0.4 is 0 Å². The fraction of sp³-hybridized carbons (Fsp3) is 0.300. The third-order valence-electron chi connectivity index (χ3n) is 2.12. The maximum absolute atomic E-state index is 10.3. The molecule has 1 N–H and O–H groups in total. The lowest BCUT2D eigenvalue weighted by Gasteiger charge is -2.11. The minimum atomic E-state index is -0.929. The van der Waals surface area contributed by atoms with E-state index in [9.17, 15) is 4.79 Å². The van der Waals surface area contributed by atoms with Crippen molar-refractivity contribution < 1.29 is 19.4 Å². The highest BCUT2D eigenvalue weighted by Crippen LogP contribution is 2.29. The zero-order valence-corrected chi connectivity index (χ0v) is 7.47. The molecule has 0 amide bonds. The highest BCUT2D eigenvalue weighted by Gasteiger charge is 2.21. The summed E-state index contributed by atoms with van der Waals surface area (Å²) in [6, 6.07) is 0. The lowest BCUT2D eigenvalue weighted by Crippen LogP contribution is -2.02. The molecule has 0 bridgehead atoms. The van der Waals surface area contributed by atoms with Gasteiger partial charge in [-0.1, -0.05) is 12.2 Å². The van der Waals surface area contributed by atoms with E-state index in [0.29, 0.717) is 6.42 Å². The van der Waals surface area contributed by atoms with E-state index in [-0.39, 0.29) is 12.7 Å². The van der Waals surface area contributed by atoms with Gasteiger partial charge in [-0.2, -0.15) is 0 Å². The summed E-state index contributed by atoms with van der Waals surface area (Å²) in [6.07, 6.45) is 7.20. The number of carboxylic acids is 1. The number of aliphatic carboxylic acids is 1. The van der Waals surface area contributed by atoms with E-state index < -0.39 is 5.97 Å². The van der Waals surface area contributed by atoms with Gasteiger partial charge in [-0.15, -0.1) is 0 Å². The van der Waals surface area contributed by atoms with Crippen LogP contribution in [0.25, 0.3) is 0 Å². The van der Waals surface area contributed by atoms with Crippen LogP contribution in [0.15, 0.2) is 35.8 Å². The van der Waals surface area contributed by atoms with Crippen LogP contribution in [-0.2, 0) is 14.3 Å². The third kappa shape index (κ3) is 1.79. The fourth-order valence-corrected chi connectivity index (χ4v) is 1.45. The van der Waals surface area contributed by atoms with Gasteiger partial charge in [-0.05, 0) is 6.08 Å². The molecule has 0 saturated heterocycles. The van der Waals surface area contributed by atoms with Crippen molar-refractivity contribution in [2.24, 2.45) is 5.92 Å². The predicted octanol–water partition coefficient (Wildman–Crippen LogP) is 1.42. The molecule has 2 aliphatic rings. The van der Waals surface area contributed by atoms with Crippen LogP contribution in [0.2, 0.25) is 0 Å². The van der Waals surface area contributed by atoms with Crippen molar-refractivity contribution in [2.45, 2.75) is 6.42 Å². The first-order valence-corrected chi connectivity index (χ1v) is 4.34. The van der Waals surface area contributed by atoms with Crippen LogP contribution in [0.5, 0.6) is 0 Å². The summed E-state index contributed by atoms with van der Waals surface area (Å²) in [7, 11) is 0. The zero-order chi connectivity index (χ0) is 9.97. The molecule has 4 nitrogen and oxygen atoms in total. The lowest BCUT2D eigenvalue weighted by molar-refractivity contribution is -0.131. The summed E-state index contributed by atoms with van der Waals surface area (Å²) < 4.78 is 10.4. The van der Waals surface area contributed by atoms with Crippen LogP contribution in [0.3, 0.4) is 0 Å². The monoisotopic (exact) mass is 194 g/mol. The van der Waals surface area contributed by atoms with Gasteiger partial charge in [0.15, 0.2) is 5.76 Å². The van der Waals surface area contributed by atoms with Crippen molar-refractivity contribution in [1.29, 1.82) is 0 Å². The molecule has 2 rings (SSSR count). The van der Waals surface area contributed by atoms with Crippen LogP contribution in [0.1, 0.15) is 6.42 Å². The van der Waals surface area contributed by atoms with E-state index >= 15 is 0 Å². The first-order valence-electron chi connectivity index (χ1n) is 4.34. The number of ether oxygens (including phenoxy) is 2. The highest BCUT2D eigenvalue weighted by atomic mass is 16.7. The van der Waals surface area contributed by atoms with E-state index in [1.807, 2.05) is 12.2 Å². The molecule has 0 saturated carbocycles. The maximum Gasteiger partial charge on any atom is 0.327 e. The first kappa shape index (κ1) is 8.87. The Morgan fingerprint density at radius 3 is 3.21 bits per heavy atom. The summed E-state index contributed by atoms with van der Waals surface area (Å²) >= 11 is 0. The molecule has 0 spiro atoms. The number of rotatable bonds is 2. The van der Waals surface area contributed by atoms with Gasteiger partial charge in [0.05, 0.1) is 0 Å². The Kier molecular flexibility index (Phi) is 2.26. The highest BCUT2D eigenvalue weighted by molar-refractivity contribution is 5.79. The largest absolute Gasteiger partial charge is 0.478 e. The molecule has 0 aromatic heterocycles. The van der Waals surface area contributed by atoms with Gasteiger partial charge < -0.3 is 14.6 Å². The Morgan fingerprint density at radius 2 is 2.43 bits per heavy atom. The van der Waals surface area contributed by atoms with Gasteiger partial charge in [0, 0.05) is 18.4 Å². The molecule has 0 radical (unpaired) electrons. The quantitative estimate of drug-likeness (QED) is 0.675. The van der Waals surface area contributed by atoms with Gasteiger partial charge in [0.25, 0.3) is 0 Å². The van der Waals surface area contributed by atoms with E-state index in [1.54, 1.807) is 6.08 Å². The lowest BCUT2D eigenvalue weighted by atomic mass is 9.98. The average Bonchev–Trinajstić information content (AvgIpc) is 2.61. The van der Waals surface area contributed by atoms with Crippen LogP contribution >= 0.6 is 0 Å². The molecule has 74 valence electrons. The van der Waals surface area contributed by atoms with Crippen molar-refractivity contribution >= 4 is 5.97 Å². The molecule has 1 unspecified atom stereocenters. The van der Waals surface area contributed by atoms with E-state index in [2.05, 4.69) is 0 Å². The van der Waals surface area contributed by atoms with Gasteiger partial charge in [0.2, 0.25) is 6.79 Å². The van der Waals surface area contributed by atoms with Gasteiger partial charge in [-0.3, -0.25) is 0 Å². The van der Waals surface area contributed by atoms with Crippen molar-refractivity contribution in [3.05, 3.63) is 35.8 Å². The minimum Gasteiger partial charge on any atom is -0.478 e. The number of carboxylic acid groups (broad SMARTS) is 1. The number of carbonyl (C=O) groups is 1. The second-order valence-electron chi connectivity index (χ2n) is 3.12. The Labute approximate surface area is 81.1 Å². The minimum absolute atomic E-state index is 0.0894. The topological polar surface area (TPSA) is 55.8 Å². The van der Waals surface area contributed by atoms with Crippen LogP contribution in [-0.4, -0.2) is 17.9 Å². The number of hydrogen-bond donors (Lipinski definition) is 1. The van der Waals surface area contributed by atoms with Gasteiger partial charge in [-0.25, -0.2) is 4.79 Å². The van der Waals surface area contributed by atoms with Gasteiger partial charge >= 0.3 is 5.97 Å². The normalized spacial score (nSPS) is 24.7. The second-order valence-corrected chi connectivity index (χ2v) is 3.12. The smallest absolute Gasteiger partial charge is 0.327 e. The zero-order valence-electron chi connectivity index (χ0n) is 7.47. The third-order valence-corrected chi connectivity index (χ3v) is 2.12. The van der Waals surface area contributed by atoms with Crippen molar-refractivity contribution in [1.82, 2.24) is 0 Å². The van der Waals surface area contributed by atoms with Crippen molar-refractivity contribution in [3.63, 3.8) is 0 Å². The Hall–Kier alpha value is -1.71. The SMILES string of the molecule is O=C(O)C=CC1C=CC2=C(C1)OCO2. The Bertz CT molecular complexity index is 338. The van der Waals surface area contributed by atoms with Crippen molar-refractivity contribution in [2.75, 3.05) is 6.79 Å². The Balaban J connectivity index is 2.01. The summed E-state index contributed by atoms with van der Waals surface area (Å²) in [5.41, 5.74) is 0.